The smallest absolute Gasteiger partial charge is 0.123 e. The van der Waals surface area contributed by atoms with Crippen LogP contribution in [0.25, 0.3) is 0 Å². The average molecular weight is 1860 g/mol. The molecule has 12 aromatic rings. The quantitative estimate of drug-likeness (QED) is 0.0418. The van der Waals surface area contributed by atoms with Gasteiger partial charge in [0.1, 0.15) is 158 Å². The van der Waals surface area contributed by atoms with Gasteiger partial charge < -0.3 is 0 Å². The van der Waals surface area contributed by atoms with Gasteiger partial charge in [-0.15, -0.1) is 0 Å². The largest absolute Gasteiger partial charge is 0.207 e. The Morgan fingerprint density at radius 1 is 0.154 bits per heavy atom. The molecule has 0 aromatic heterocycles. The molecule has 0 radical (unpaired) electrons. The number of benzene rings is 12. The molecule has 2 aliphatic carbocycles. The van der Waals surface area contributed by atoms with Crippen molar-refractivity contribution in [1.29, 1.82) is 0 Å². The zero-order chi connectivity index (χ0) is 95.1. The Morgan fingerprint density at radius 3 is 0.315 bits per heavy atom. The molecule has 0 unspecified atom stereocenters. The maximum Gasteiger partial charge on any atom is 0.123 e. The summed E-state index contributed by atoms with van der Waals surface area (Å²) in [7, 11) is 0. The molecule has 0 saturated heterocycles. The molecular formula is C102H86B3F24Fe. The number of halogens is 24. The molecule has 0 heterocycles. The van der Waals surface area contributed by atoms with Crippen LogP contribution in [0.4, 0.5) is 105 Å². The maximum absolute atomic E-state index is 14.3. The second-order valence-electron chi connectivity index (χ2n) is 32.0. The normalized spacial score (nSPS) is 13.8. The summed E-state index contributed by atoms with van der Waals surface area (Å²) >= 11 is 1.31. The fraction of sp³-hybridized carbons (Fsp3) is 0.216. The molecule has 0 N–H and O–H groups in total. The topological polar surface area (TPSA) is 0 Å². The van der Waals surface area contributed by atoms with Crippen LogP contribution >= 0.6 is 0 Å². The zero-order valence-corrected chi connectivity index (χ0v) is 73.1. The van der Waals surface area contributed by atoms with Crippen LogP contribution in [0, 0.1) is 140 Å². The Hall–Kier alpha value is -11.4. The molecule has 0 bridgehead atoms. The number of rotatable bonds is 24. The van der Waals surface area contributed by atoms with E-state index in [1.54, 1.807) is 44.6 Å². The summed E-state index contributed by atoms with van der Waals surface area (Å²) in [4.78, 5) is 0. The van der Waals surface area contributed by atoms with Gasteiger partial charge in [-0.25, -0.2) is 105 Å². The first-order chi connectivity index (χ1) is 61.6. The van der Waals surface area contributed by atoms with Crippen LogP contribution in [0.3, 0.4) is 0 Å². The van der Waals surface area contributed by atoms with Crippen molar-refractivity contribution in [1.82, 2.24) is 0 Å². The Labute approximate surface area is 744 Å². The van der Waals surface area contributed by atoms with E-state index in [1.165, 1.54) is 79.2 Å². The third kappa shape index (κ3) is 19.8. The summed E-state index contributed by atoms with van der Waals surface area (Å²) in [5.41, 5.74) is 9.85. The van der Waals surface area contributed by atoms with Gasteiger partial charge in [0.2, 0.25) is 0 Å². The predicted molar refractivity (Wildman–Crippen MR) is 466 cm³/mol. The van der Waals surface area contributed by atoms with Crippen LogP contribution in [0.15, 0.2) is 263 Å². The molecule has 12 aromatic carbocycles. The van der Waals surface area contributed by atoms with E-state index in [0.29, 0.717) is 72.8 Å². The second-order valence-corrected chi connectivity index (χ2v) is 34.2. The Bertz CT molecular complexity index is 4920. The van der Waals surface area contributed by atoms with Gasteiger partial charge in [0.25, 0.3) is 0 Å². The average Bonchev–Trinajstić information content (AvgIpc) is 1.63. The molecule has 0 atom stereocenters. The predicted octanol–water partition coefficient (Wildman–Crippen LogP) is 23.2. The summed E-state index contributed by atoms with van der Waals surface area (Å²) in [6, 6.07) is 24.7. The second kappa shape index (κ2) is 41.0. The zero-order valence-electron chi connectivity index (χ0n) is 72.0. The number of allylic oxidation sites excluding steroid dienone is 8. The summed E-state index contributed by atoms with van der Waals surface area (Å²) in [5, 5.41) is 0. The number of hydrogen-bond acceptors (Lipinski definition) is 0. The van der Waals surface area contributed by atoms with E-state index in [-0.39, 0.29) is 74.2 Å². The van der Waals surface area contributed by atoms with Crippen LogP contribution in [-0.2, 0) is 15.0 Å². The van der Waals surface area contributed by atoms with Crippen molar-refractivity contribution in [3.63, 3.8) is 0 Å². The summed E-state index contributed by atoms with van der Waals surface area (Å²) in [5.74, 6) is -27.0. The molecule has 0 spiro atoms. The van der Waals surface area contributed by atoms with Crippen molar-refractivity contribution in [2.45, 2.75) is 142 Å². The molecule has 0 amide bonds. The van der Waals surface area contributed by atoms with Crippen molar-refractivity contribution in [3.05, 3.63) is 403 Å². The van der Waals surface area contributed by atoms with Gasteiger partial charge >= 0.3 is 202 Å². The Balaban J connectivity index is 0.000000168. The van der Waals surface area contributed by atoms with E-state index in [4.69, 9.17) is 0 Å². The summed E-state index contributed by atoms with van der Waals surface area (Å²) < 4.78 is 344. The van der Waals surface area contributed by atoms with Crippen molar-refractivity contribution < 1.29 is 120 Å². The first kappa shape index (κ1) is 99.2. The molecular weight excluding hydrogens is 1770 g/mol. The van der Waals surface area contributed by atoms with E-state index in [1.807, 2.05) is 0 Å². The summed E-state index contributed by atoms with van der Waals surface area (Å²) in [6.45, 7) is 24.3. The molecule has 2 aliphatic rings. The molecule has 0 fully saturated rings. The van der Waals surface area contributed by atoms with Crippen molar-refractivity contribution >= 4 is 84.0 Å². The van der Waals surface area contributed by atoms with Crippen LogP contribution in [0.1, 0.15) is 133 Å². The van der Waals surface area contributed by atoms with Crippen LogP contribution in [-0.4, -0.2) is 18.4 Å². The first-order valence-electron chi connectivity index (χ1n) is 42.2. The Morgan fingerprint density at radius 2 is 0.246 bits per heavy atom. The van der Waals surface area contributed by atoms with E-state index >= 15 is 0 Å². The van der Waals surface area contributed by atoms with Crippen molar-refractivity contribution in [2.24, 2.45) is 0 Å². The van der Waals surface area contributed by atoms with Crippen molar-refractivity contribution in [3.8, 4) is 0 Å². The van der Waals surface area contributed by atoms with E-state index in [0.717, 1.165) is 146 Å². The van der Waals surface area contributed by atoms with E-state index in [2.05, 4.69) is 69.2 Å². The fourth-order valence-corrected chi connectivity index (χ4v) is 23.8. The minimum absolute atomic E-state index is 0.263. The Kier molecular flexibility index (Phi) is 31.3. The van der Waals surface area contributed by atoms with E-state index < -0.39 is 158 Å². The minimum Gasteiger partial charge on any atom is -0.207 e. The van der Waals surface area contributed by atoms with Crippen molar-refractivity contribution in [2.75, 3.05) is 0 Å². The third-order valence-electron chi connectivity index (χ3n) is 24.8. The maximum atomic E-state index is 14.3. The molecule has 0 nitrogen and oxygen atoms in total. The van der Waals surface area contributed by atoms with Crippen LogP contribution in [0.5, 0.6) is 0 Å². The first-order valence-corrected chi connectivity index (χ1v) is 43.3. The van der Waals surface area contributed by atoms with Gasteiger partial charge in [0, 0.05) is 72.8 Å². The SMILES string of the molecule is CCC1=C(CC)[C](CC)([Fe+3][C]2(CC)C(CC)=C(CC)C(CC)=C2CC)C(CC)=C1CC.Fc1cc(F)cc([B-](c2cc(F)cc(F)c2)(c2cc(F)cc(F)c2)c2cc(F)cc(F)c2)c1.Fc1cc(F)cc([B-](c2cc(F)cc(F)c2)(c2cc(F)cc(F)c2)c2cc(F)cc(F)c2)c1.Fc1cc(F)cc([B-](c2cc(F)cc(F)c2)(c2cc(F)cc(F)c2)c2cc(F)cc(F)c2)c1. The number of hydrogen-bond donors (Lipinski definition) is 0. The fourth-order valence-electron chi connectivity index (χ4n) is 20.5. The molecule has 0 saturated carbocycles. The standard InChI is InChI=1S/3C24H12BF8.2C15H25.Fe/c3*26-17-1-13(2-18(27)9-17)25(14-3-19(28)10-20(29)4-14,15-5-21(30)11-22(31)6-15)16-7-23(32)12-24(33)8-16;2*1-6-11-12(7-2)14(9-4)15(10-5)13(11)8-3;/h3*1-12H;2*6-10H2,1-5H3;/q3*-1;;;+3. The molecule has 679 valence electrons. The third-order valence-corrected chi connectivity index (χ3v) is 27.8. The van der Waals surface area contributed by atoms with Crippen LogP contribution < -0.4 is 65.6 Å². The molecule has 130 heavy (non-hydrogen) atoms. The van der Waals surface area contributed by atoms with Gasteiger partial charge in [-0.05, 0) is 0 Å². The van der Waals surface area contributed by atoms with Crippen LogP contribution in [0.2, 0.25) is 8.63 Å². The molecule has 0 aliphatic heterocycles. The molecule has 14 rings (SSSR count). The molecule has 28 heteroatoms. The van der Waals surface area contributed by atoms with Gasteiger partial charge in [-0.3, -0.25) is 0 Å². The van der Waals surface area contributed by atoms with E-state index in [9.17, 15) is 105 Å². The minimum atomic E-state index is -3.29. The van der Waals surface area contributed by atoms with Gasteiger partial charge in [-0.2, -0.15) is 65.6 Å². The monoisotopic (exact) mass is 1860 g/mol. The van der Waals surface area contributed by atoms with Gasteiger partial charge in [-0.1, -0.05) is 146 Å². The van der Waals surface area contributed by atoms with Gasteiger partial charge in [0.15, 0.2) is 0 Å². The van der Waals surface area contributed by atoms with Gasteiger partial charge in [0.05, 0.1) is 0 Å². The summed E-state index contributed by atoms with van der Waals surface area (Å²) in [6.07, 6.45) is 2.28.